The fourth-order valence-corrected chi connectivity index (χ4v) is 1.87. The Morgan fingerprint density at radius 1 is 1.26 bits per heavy atom. The van der Waals surface area contributed by atoms with Crippen LogP contribution in [0.1, 0.15) is 36.7 Å². The van der Waals surface area contributed by atoms with Gasteiger partial charge in [0.05, 0.1) is 0 Å². The molecule has 0 bridgehead atoms. The van der Waals surface area contributed by atoms with Gasteiger partial charge < -0.3 is 9.73 Å². The highest BCUT2D eigenvalue weighted by Gasteiger charge is 2.17. The van der Waals surface area contributed by atoms with Crippen molar-refractivity contribution in [3.05, 3.63) is 42.5 Å². The second kappa shape index (κ2) is 6.73. The molecule has 0 unspecified atom stereocenters. The Hall–Kier alpha value is -2.10. The molecule has 0 aliphatic rings. The predicted molar refractivity (Wildman–Crippen MR) is 73.8 cm³/mol. The largest absolute Gasteiger partial charge is 0.438 e. The molecule has 19 heavy (non-hydrogen) atoms. The van der Waals surface area contributed by atoms with Crippen LogP contribution >= 0.6 is 0 Å². The Balaban J connectivity index is 2.05. The van der Waals surface area contributed by atoms with Gasteiger partial charge in [-0.2, -0.15) is 0 Å². The van der Waals surface area contributed by atoms with Gasteiger partial charge in [0, 0.05) is 12.1 Å². The Morgan fingerprint density at radius 2 is 2.05 bits per heavy atom. The third kappa shape index (κ3) is 3.44. The van der Waals surface area contributed by atoms with Gasteiger partial charge in [-0.15, -0.1) is 0 Å². The highest BCUT2D eigenvalue weighted by molar-refractivity contribution is 5.97. The molecule has 0 spiro atoms. The van der Waals surface area contributed by atoms with E-state index in [0.717, 1.165) is 24.8 Å². The molecular weight excluding hydrogens is 240 g/mol. The topological polar surface area (TPSA) is 55.1 Å². The van der Waals surface area contributed by atoms with E-state index in [4.69, 9.17) is 4.42 Å². The van der Waals surface area contributed by atoms with Crippen LogP contribution in [0.3, 0.4) is 0 Å². The summed E-state index contributed by atoms with van der Waals surface area (Å²) in [7, 11) is 0. The van der Waals surface area contributed by atoms with Crippen LogP contribution in [0.25, 0.3) is 11.3 Å². The summed E-state index contributed by atoms with van der Waals surface area (Å²) >= 11 is 0. The molecule has 1 amide bonds. The number of nitrogens with zero attached hydrogens (tertiary/aromatic N) is 1. The summed E-state index contributed by atoms with van der Waals surface area (Å²) in [6, 6.07) is 9.56. The fourth-order valence-electron chi connectivity index (χ4n) is 1.87. The molecule has 1 aromatic heterocycles. The number of nitrogens with one attached hydrogen (secondary N) is 1. The van der Waals surface area contributed by atoms with Crippen LogP contribution in [0.4, 0.5) is 0 Å². The molecule has 1 heterocycles. The van der Waals surface area contributed by atoms with Gasteiger partial charge in [-0.25, -0.2) is 4.98 Å². The number of amides is 1. The molecule has 0 saturated heterocycles. The first-order chi connectivity index (χ1) is 9.33. The first-order valence-electron chi connectivity index (χ1n) is 6.60. The molecule has 4 nitrogen and oxygen atoms in total. The zero-order valence-electron chi connectivity index (χ0n) is 11.1. The molecule has 0 aliphatic carbocycles. The Bertz CT molecular complexity index is 520. The number of aromatic nitrogens is 1. The van der Waals surface area contributed by atoms with Crippen molar-refractivity contribution < 1.29 is 9.21 Å². The summed E-state index contributed by atoms with van der Waals surface area (Å²) in [5.41, 5.74) is 1.48. The van der Waals surface area contributed by atoms with Crippen molar-refractivity contribution in [2.75, 3.05) is 6.54 Å². The lowest BCUT2D eigenvalue weighted by atomic mass is 10.1. The number of carbonyl (C=O) groups excluding carboxylic acids is 1. The molecule has 2 aromatic rings. The average Bonchev–Trinajstić information content (AvgIpc) is 2.94. The first-order valence-corrected chi connectivity index (χ1v) is 6.60. The Morgan fingerprint density at radius 3 is 2.79 bits per heavy atom. The lowest BCUT2D eigenvalue weighted by Crippen LogP contribution is -2.24. The van der Waals surface area contributed by atoms with Gasteiger partial charge in [0.15, 0.2) is 6.39 Å². The Kier molecular flexibility index (Phi) is 4.72. The van der Waals surface area contributed by atoms with Crippen LogP contribution in [0, 0.1) is 0 Å². The Labute approximate surface area is 112 Å². The minimum Gasteiger partial charge on any atom is -0.438 e. The molecule has 1 N–H and O–H groups in total. The summed E-state index contributed by atoms with van der Waals surface area (Å²) in [6.45, 7) is 2.80. The van der Waals surface area contributed by atoms with Crippen molar-refractivity contribution in [1.29, 1.82) is 0 Å². The van der Waals surface area contributed by atoms with E-state index in [1.807, 2.05) is 30.3 Å². The number of hydrogen-bond acceptors (Lipinski definition) is 3. The van der Waals surface area contributed by atoms with E-state index in [1.165, 1.54) is 6.39 Å². The summed E-state index contributed by atoms with van der Waals surface area (Å²) in [5.74, 6) is 0.0788. The predicted octanol–water partition coefficient (Wildman–Crippen LogP) is 3.26. The van der Waals surface area contributed by atoms with Gasteiger partial charge in [0.25, 0.3) is 5.91 Å². The number of benzene rings is 1. The van der Waals surface area contributed by atoms with E-state index >= 15 is 0 Å². The van der Waals surface area contributed by atoms with Gasteiger partial charge in [-0.1, -0.05) is 50.1 Å². The molecule has 0 radical (unpaired) electrons. The summed E-state index contributed by atoms with van der Waals surface area (Å²) in [5, 5.41) is 2.86. The molecule has 100 valence electrons. The van der Waals surface area contributed by atoms with Crippen LogP contribution in [0.15, 0.2) is 41.1 Å². The van der Waals surface area contributed by atoms with Crippen LogP contribution in [-0.2, 0) is 0 Å². The van der Waals surface area contributed by atoms with E-state index in [-0.39, 0.29) is 11.7 Å². The normalized spacial score (nSPS) is 10.4. The number of oxazole rings is 1. The van der Waals surface area contributed by atoms with Crippen molar-refractivity contribution in [3.8, 4) is 11.3 Å². The minimum atomic E-state index is -0.201. The molecule has 0 fully saturated rings. The summed E-state index contributed by atoms with van der Waals surface area (Å²) in [6.07, 6.45) is 4.54. The van der Waals surface area contributed by atoms with E-state index in [9.17, 15) is 4.79 Å². The van der Waals surface area contributed by atoms with E-state index < -0.39 is 0 Å². The SMILES string of the molecule is CCCCCNC(=O)c1ocnc1-c1ccccc1. The quantitative estimate of drug-likeness (QED) is 0.809. The minimum absolute atomic E-state index is 0.201. The lowest BCUT2D eigenvalue weighted by Gasteiger charge is -2.03. The average molecular weight is 258 g/mol. The smallest absolute Gasteiger partial charge is 0.289 e. The molecule has 0 atom stereocenters. The van der Waals surface area contributed by atoms with Crippen molar-refractivity contribution in [2.24, 2.45) is 0 Å². The number of carbonyl (C=O) groups is 1. The third-order valence-corrected chi connectivity index (χ3v) is 2.89. The van der Waals surface area contributed by atoms with E-state index in [0.29, 0.717) is 12.2 Å². The van der Waals surface area contributed by atoms with Gasteiger partial charge >= 0.3 is 0 Å². The third-order valence-electron chi connectivity index (χ3n) is 2.89. The second-order valence-corrected chi connectivity index (χ2v) is 4.36. The zero-order chi connectivity index (χ0) is 13.5. The van der Waals surface area contributed by atoms with Crippen LogP contribution in [0.2, 0.25) is 0 Å². The zero-order valence-corrected chi connectivity index (χ0v) is 11.1. The number of hydrogen-bond donors (Lipinski definition) is 1. The van der Waals surface area contributed by atoms with Crippen LogP contribution < -0.4 is 5.32 Å². The number of unbranched alkanes of at least 4 members (excludes halogenated alkanes) is 2. The summed E-state index contributed by atoms with van der Waals surface area (Å²) in [4.78, 5) is 16.1. The molecule has 2 rings (SSSR count). The highest BCUT2D eigenvalue weighted by Crippen LogP contribution is 2.21. The lowest BCUT2D eigenvalue weighted by molar-refractivity contribution is 0.0926. The van der Waals surface area contributed by atoms with Crippen molar-refractivity contribution in [3.63, 3.8) is 0 Å². The maximum absolute atomic E-state index is 12.0. The number of rotatable bonds is 6. The van der Waals surface area contributed by atoms with Gasteiger partial charge in [0.2, 0.25) is 5.76 Å². The monoisotopic (exact) mass is 258 g/mol. The molecule has 1 aromatic carbocycles. The van der Waals surface area contributed by atoms with Gasteiger partial charge in [0.1, 0.15) is 5.69 Å². The van der Waals surface area contributed by atoms with Crippen LogP contribution in [-0.4, -0.2) is 17.4 Å². The standard InChI is InChI=1S/C15H18N2O2/c1-2-3-7-10-16-15(18)14-13(17-11-19-14)12-8-5-4-6-9-12/h4-6,8-9,11H,2-3,7,10H2,1H3,(H,16,18). The van der Waals surface area contributed by atoms with Gasteiger partial charge in [-0.3, -0.25) is 4.79 Å². The van der Waals surface area contributed by atoms with E-state index in [2.05, 4.69) is 17.2 Å². The molecular formula is C15H18N2O2. The maximum atomic E-state index is 12.0. The molecule has 0 saturated carbocycles. The van der Waals surface area contributed by atoms with Crippen LogP contribution in [0.5, 0.6) is 0 Å². The first kappa shape index (κ1) is 13.3. The van der Waals surface area contributed by atoms with Crippen molar-refractivity contribution in [1.82, 2.24) is 10.3 Å². The molecule has 0 aliphatic heterocycles. The van der Waals surface area contributed by atoms with Gasteiger partial charge in [-0.05, 0) is 6.42 Å². The van der Waals surface area contributed by atoms with Crippen molar-refractivity contribution >= 4 is 5.91 Å². The second-order valence-electron chi connectivity index (χ2n) is 4.36. The fraction of sp³-hybridized carbons (Fsp3) is 0.333. The highest BCUT2D eigenvalue weighted by atomic mass is 16.3. The maximum Gasteiger partial charge on any atom is 0.289 e. The summed E-state index contributed by atoms with van der Waals surface area (Å²) < 4.78 is 5.21. The van der Waals surface area contributed by atoms with Crippen molar-refractivity contribution in [2.45, 2.75) is 26.2 Å². The van der Waals surface area contributed by atoms with E-state index in [1.54, 1.807) is 0 Å². The molecule has 4 heteroatoms.